The third-order valence-corrected chi connectivity index (χ3v) is 4.32. The maximum absolute atomic E-state index is 13.7. The molecule has 2 rings (SSSR count). The molecule has 2 nitrogen and oxygen atoms in total. The zero-order chi connectivity index (χ0) is 15.4. The summed E-state index contributed by atoms with van der Waals surface area (Å²) in [5, 5.41) is 3.40. The van der Waals surface area contributed by atoms with Crippen molar-refractivity contribution in [2.75, 3.05) is 13.7 Å². The molecule has 0 amide bonds. The van der Waals surface area contributed by atoms with Gasteiger partial charge in [-0.1, -0.05) is 35.0 Å². The normalized spacial score (nSPS) is 12.2. The van der Waals surface area contributed by atoms with Crippen molar-refractivity contribution < 1.29 is 9.13 Å². The number of ether oxygens (including phenoxy) is 1. The molecular formula is C17H19BrFNO. The van der Waals surface area contributed by atoms with Gasteiger partial charge in [0.1, 0.15) is 11.6 Å². The van der Waals surface area contributed by atoms with E-state index in [1.54, 1.807) is 13.2 Å². The second kappa shape index (κ2) is 7.05. The van der Waals surface area contributed by atoms with Crippen LogP contribution >= 0.6 is 15.9 Å². The highest BCUT2D eigenvalue weighted by Crippen LogP contribution is 2.32. The Morgan fingerprint density at radius 2 is 2.00 bits per heavy atom. The predicted octanol–water partition coefficient (Wildman–Crippen LogP) is 4.60. The van der Waals surface area contributed by atoms with Gasteiger partial charge in [-0.05, 0) is 48.9 Å². The van der Waals surface area contributed by atoms with E-state index in [1.165, 1.54) is 12.1 Å². The molecule has 1 N–H and O–H groups in total. The van der Waals surface area contributed by atoms with Crippen molar-refractivity contribution in [3.63, 3.8) is 0 Å². The molecule has 0 saturated heterocycles. The molecule has 0 aliphatic rings. The van der Waals surface area contributed by atoms with Gasteiger partial charge in [-0.3, -0.25) is 0 Å². The zero-order valence-corrected chi connectivity index (χ0v) is 14.0. The molecule has 0 spiro atoms. The molecule has 0 aliphatic carbocycles. The van der Waals surface area contributed by atoms with Gasteiger partial charge in [0, 0.05) is 10.0 Å². The van der Waals surface area contributed by atoms with E-state index in [9.17, 15) is 4.39 Å². The molecule has 0 heterocycles. The van der Waals surface area contributed by atoms with Crippen molar-refractivity contribution in [2.45, 2.75) is 19.9 Å². The van der Waals surface area contributed by atoms with Crippen LogP contribution in [0.25, 0.3) is 0 Å². The van der Waals surface area contributed by atoms with E-state index < -0.39 is 0 Å². The van der Waals surface area contributed by atoms with Crippen LogP contribution in [0.5, 0.6) is 5.75 Å². The highest BCUT2D eigenvalue weighted by Gasteiger charge is 2.18. The van der Waals surface area contributed by atoms with Crippen LogP contribution in [0.4, 0.5) is 4.39 Å². The number of halogens is 2. The first-order valence-electron chi connectivity index (χ1n) is 6.89. The van der Waals surface area contributed by atoms with Crippen molar-refractivity contribution in [1.82, 2.24) is 5.32 Å². The van der Waals surface area contributed by atoms with E-state index in [-0.39, 0.29) is 11.9 Å². The topological polar surface area (TPSA) is 21.3 Å². The standard InChI is InChI=1S/C17H19BrFNO/c1-4-20-17(12-5-7-15(18)11(2)9-12)14-10-13(19)6-8-16(14)21-3/h5-10,17,20H,4H2,1-3H3. The summed E-state index contributed by atoms with van der Waals surface area (Å²) in [5.41, 5.74) is 3.04. The van der Waals surface area contributed by atoms with Crippen LogP contribution in [0.2, 0.25) is 0 Å². The van der Waals surface area contributed by atoms with E-state index in [0.29, 0.717) is 5.75 Å². The number of benzene rings is 2. The van der Waals surface area contributed by atoms with E-state index in [2.05, 4.69) is 27.3 Å². The monoisotopic (exact) mass is 351 g/mol. The van der Waals surface area contributed by atoms with Crippen LogP contribution in [-0.4, -0.2) is 13.7 Å². The van der Waals surface area contributed by atoms with Crippen molar-refractivity contribution in [3.8, 4) is 5.75 Å². The van der Waals surface area contributed by atoms with Crippen molar-refractivity contribution >= 4 is 15.9 Å². The van der Waals surface area contributed by atoms with Gasteiger partial charge < -0.3 is 10.1 Å². The molecule has 2 aromatic carbocycles. The first-order chi connectivity index (χ1) is 10.1. The lowest BCUT2D eigenvalue weighted by molar-refractivity contribution is 0.402. The Kier molecular flexibility index (Phi) is 5.37. The summed E-state index contributed by atoms with van der Waals surface area (Å²) in [4.78, 5) is 0. The quantitative estimate of drug-likeness (QED) is 0.849. The lowest BCUT2D eigenvalue weighted by Crippen LogP contribution is -2.22. The number of rotatable bonds is 5. The number of hydrogen-bond donors (Lipinski definition) is 1. The maximum atomic E-state index is 13.7. The summed E-state index contributed by atoms with van der Waals surface area (Å²) >= 11 is 3.51. The second-order valence-corrected chi connectivity index (χ2v) is 5.74. The maximum Gasteiger partial charge on any atom is 0.124 e. The number of nitrogens with one attached hydrogen (secondary N) is 1. The van der Waals surface area contributed by atoms with Crippen LogP contribution in [0.15, 0.2) is 40.9 Å². The molecule has 21 heavy (non-hydrogen) atoms. The van der Waals surface area contributed by atoms with Gasteiger partial charge in [0.05, 0.1) is 13.2 Å². The summed E-state index contributed by atoms with van der Waals surface area (Å²) in [7, 11) is 1.60. The largest absolute Gasteiger partial charge is 0.496 e. The predicted molar refractivity (Wildman–Crippen MR) is 87.4 cm³/mol. The van der Waals surface area contributed by atoms with Crippen LogP contribution in [0, 0.1) is 12.7 Å². The summed E-state index contributed by atoms with van der Waals surface area (Å²) in [6, 6.07) is 10.7. The van der Waals surface area contributed by atoms with E-state index >= 15 is 0 Å². The van der Waals surface area contributed by atoms with E-state index in [1.807, 2.05) is 26.0 Å². The average molecular weight is 352 g/mol. The highest BCUT2D eigenvalue weighted by molar-refractivity contribution is 9.10. The fourth-order valence-corrected chi connectivity index (χ4v) is 2.64. The van der Waals surface area contributed by atoms with Gasteiger partial charge in [-0.15, -0.1) is 0 Å². The van der Waals surface area contributed by atoms with Crippen molar-refractivity contribution in [1.29, 1.82) is 0 Å². The average Bonchev–Trinajstić information content (AvgIpc) is 2.48. The Bertz CT molecular complexity index is 630. The summed E-state index contributed by atoms with van der Waals surface area (Å²) < 4.78 is 20.1. The Labute approximate surface area is 133 Å². The van der Waals surface area contributed by atoms with Gasteiger partial charge in [-0.25, -0.2) is 4.39 Å². The third kappa shape index (κ3) is 3.63. The number of aryl methyl sites for hydroxylation is 1. The molecule has 0 fully saturated rings. The Morgan fingerprint density at radius 3 is 2.62 bits per heavy atom. The van der Waals surface area contributed by atoms with Crippen LogP contribution in [0.3, 0.4) is 0 Å². The van der Waals surface area contributed by atoms with Gasteiger partial charge >= 0.3 is 0 Å². The van der Waals surface area contributed by atoms with E-state index in [0.717, 1.165) is 27.7 Å². The fraction of sp³-hybridized carbons (Fsp3) is 0.294. The molecule has 0 bridgehead atoms. The third-order valence-electron chi connectivity index (χ3n) is 3.43. The fourth-order valence-electron chi connectivity index (χ4n) is 2.39. The van der Waals surface area contributed by atoms with Crippen molar-refractivity contribution in [3.05, 3.63) is 63.4 Å². The Balaban J connectivity index is 2.52. The summed E-state index contributed by atoms with van der Waals surface area (Å²) in [6.45, 7) is 4.85. The minimum absolute atomic E-state index is 0.104. The molecular weight excluding hydrogens is 333 g/mol. The molecule has 0 aliphatic heterocycles. The molecule has 0 radical (unpaired) electrons. The van der Waals surface area contributed by atoms with Crippen LogP contribution < -0.4 is 10.1 Å². The Morgan fingerprint density at radius 1 is 1.24 bits per heavy atom. The van der Waals surface area contributed by atoms with Gasteiger partial charge in [-0.2, -0.15) is 0 Å². The van der Waals surface area contributed by atoms with Gasteiger partial charge in [0.15, 0.2) is 0 Å². The smallest absolute Gasteiger partial charge is 0.124 e. The summed E-state index contributed by atoms with van der Waals surface area (Å²) in [6.07, 6.45) is 0. The molecule has 2 aromatic rings. The second-order valence-electron chi connectivity index (χ2n) is 4.89. The van der Waals surface area contributed by atoms with E-state index in [4.69, 9.17) is 4.74 Å². The zero-order valence-electron chi connectivity index (χ0n) is 12.4. The van der Waals surface area contributed by atoms with Crippen LogP contribution in [-0.2, 0) is 0 Å². The van der Waals surface area contributed by atoms with Gasteiger partial charge in [0.2, 0.25) is 0 Å². The molecule has 1 unspecified atom stereocenters. The van der Waals surface area contributed by atoms with Crippen LogP contribution in [0.1, 0.15) is 29.7 Å². The van der Waals surface area contributed by atoms with Crippen molar-refractivity contribution in [2.24, 2.45) is 0 Å². The van der Waals surface area contributed by atoms with Gasteiger partial charge in [0.25, 0.3) is 0 Å². The molecule has 4 heteroatoms. The lowest BCUT2D eigenvalue weighted by Gasteiger charge is -2.22. The Hall–Kier alpha value is -1.39. The first kappa shape index (κ1) is 16.0. The minimum Gasteiger partial charge on any atom is -0.496 e. The molecule has 1 atom stereocenters. The number of methoxy groups -OCH3 is 1. The first-order valence-corrected chi connectivity index (χ1v) is 7.69. The SMILES string of the molecule is CCNC(c1ccc(Br)c(C)c1)c1cc(F)ccc1OC. The number of hydrogen-bond acceptors (Lipinski definition) is 2. The summed E-state index contributed by atoms with van der Waals surface area (Å²) in [5.74, 6) is 0.422. The highest BCUT2D eigenvalue weighted by atomic mass is 79.9. The minimum atomic E-state index is -0.262. The molecule has 112 valence electrons. The molecule has 0 saturated carbocycles. The lowest BCUT2D eigenvalue weighted by atomic mass is 9.96. The molecule has 0 aromatic heterocycles.